The average molecular weight is 508 g/mol. The van der Waals surface area contributed by atoms with Gasteiger partial charge < -0.3 is 5.32 Å². The van der Waals surface area contributed by atoms with Gasteiger partial charge in [0.2, 0.25) is 0 Å². The number of carbonyl (C=O) groups excluding carboxylic acids is 1. The van der Waals surface area contributed by atoms with E-state index in [9.17, 15) is 13.2 Å². The zero-order valence-electron chi connectivity index (χ0n) is 18.4. The summed E-state index contributed by atoms with van der Waals surface area (Å²) in [7, 11) is -0.703. The van der Waals surface area contributed by atoms with Crippen LogP contribution >= 0.6 is 20.7 Å². The van der Waals surface area contributed by atoms with Crippen molar-refractivity contribution >= 4 is 48.0 Å². The molecule has 6 nitrogen and oxygen atoms in total. The summed E-state index contributed by atoms with van der Waals surface area (Å²) in [4.78, 5) is 18.3. The SMILES string of the molecule is CC1(C)Nc2ccccc2-c2c1ssc2=Nc1ccc(S(=O)(=O)NC(=O)c2ccccc2)cc1. The summed E-state index contributed by atoms with van der Waals surface area (Å²) < 4.78 is 28.4. The van der Waals surface area contributed by atoms with Gasteiger partial charge in [-0.2, -0.15) is 0 Å². The van der Waals surface area contributed by atoms with Crippen LogP contribution in [0.1, 0.15) is 29.1 Å². The molecule has 1 aromatic heterocycles. The van der Waals surface area contributed by atoms with Gasteiger partial charge in [-0.05, 0) is 56.3 Å². The Kier molecular flexibility index (Phi) is 5.63. The predicted molar refractivity (Wildman–Crippen MR) is 137 cm³/mol. The summed E-state index contributed by atoms with van der Waals surface area (Å²) in [5.41, 5.74) is 3.99. The van der Waals surface area contributed by atoms with Crippen molar-refractivity contribution in [1.82, 2.24) is 4.72 Å². The van der Waals surface area contributed by atoms with Gasteiger partial charge in [0.1, 0.15) is 4.67 Å². The molecule has 2 N–H and O–H groups in total. The van der Waals surface area contributed by atoms with Crippen LogP contribution in [0, 0.1) is 0 Å². The summed E-state index contributed by atoms with van der Waals surface area (Å²) >= 11 is 0. The standard InChI is InChI=1S/C25H21N3O3S3/c1-25(2)22-21(19-10-6-7-11-20(19)27-25)24(33-32-22)26-17-12-14-18(15-13-17)34(30,31)28-23(29)16-8-4-3-5-9-16/h3-15,27H,1-2H3,(H,28,29). The largest absolute Gasteiger partial charge is 0.375 e. The fraction of sp³-hybridized carbons (Fsp3) is 0.120. The van der Waals surface area contributed by atoms with Gasteiger partial charge in [-0.15, -0.1) is 0 Å². The van der Waals surface area contributed by atoms with E-state index in [2.05, 4.69) is 36.0 Å². The number of hydrogen-bond donors (Lipinski definition) is 2. The summed E-state index contributed by atoms with van der Waals surface area (Å²) in [6, 6.07) is 22.6. The fourth-order valence-electron chi connectivity index (χ4n) is 3.84. The van der Waals surface area contributed by atoms with Crippen LogP contribution in [0.5, 0.6) is 0 Å². The smallest absolute Gasteiger partial charge is 0.264 e. The number of amides is 1. The molecule has 9 heteroatoms. The van der Waals surface area contributed by atoms with Crippen molar-refractivity contribution in [1.29, 1.82) is 0 Å². The first-order valence-corrected chi connectivity index (χ1v) is 14.2. The minimum atomic E-state index is -4.00. The summed E-state index contributed by atoms with van der Waals surface area (Å²) in [6.07, 6.45) is 0. The molecule has 172 valence electrons. The molecule has 4 aromatic rings. The maximum atomic E-state index is 12.7. The molecule has 1 aliphatic heterocycles. The predicted octanol–water partition coefficient (Wildman–Crippen LogP) is 5.49. The van der Waals surface area contributed by atoms with Crippen molar-refractivity contribution in [3.63, 3.8) is 0 Å². The van der Waals surface area contributed by atoms with Crippen molar-refractivity contribution in [3.8, 4) is 11.1 Å². The molecule has 3 aromatic carbocycles. The van der Waals surface area contributed by atoms with E-state index < -0.39 is 15.9 Å². The second-order valence-corrected chi connectivity index (χ2v) is 12.2. The monoisotopic (exact) mass is 507 g/mol. The lowest BCUT2D eigenvalue weighted by Gasteiger charge is -2.33. The first kappa shape index (κ1) is 22.5. The van der Waals surface area contributed by atoms with Gasteiger partial charge in [0, 0.05) is 22.4 Å². The van der Waals surface area contributed by atoms with Crippen LogP contribution in [0.4, 0.5) is 11.4 Å². The van der Waals surface area contributed by atoms with Gasteiger partial charge >= 0.3 is 0 Å². The third-order valence-electron chi connectivity index (χ3n) is 5.50. The summed E-state index contributed by atoms with van der Waals surface area (Å²) in [6.45, 7) is 4.30. The Hall–Kier alpha value is -3.27. The number of rotatable bonds is 4. The second-order valence-electron chi connectivity index (χ2n) is 8.38. The van der Waals surface area contributed by atoms with Gasteiger partial charge in [-0.25, -0.2) is 18.1 Å². The van der Waals surface area contributed by atoms with Crippen molar-refractivity contribution in [2.24, 2.45) is 4.99 Å². The Bertz CT molecular complexity index is 1550. The molecule has 0 aliphatic carbocycles. The van der Waals surface area contributed by atoms with Gasteiger partial charge in [0.05, 0.1) is 21.0 Å². The van der Waals surface area contributed by atoms with Crippen molar-refractivity contribution < 1.29 is 13.2 Å². The van der Waals surface area contributed by atoms with Crippen LogP contribution in [-0.4, -0.2) is 14.3 Å². The molecular weight excluding hydrogens is 486 g/mol. The zero-order valence-corrected chi connectivity index (χ0v) is 20.9. The third kappa shape index (κ3) is 4.18. The molecule has 0 spiro atoms. The number of nitrogens with zero attached hydrogens (tertiary/aromatic N) is 1. The van der Waals surface area contributed by atoms with E-state index in [0.29, 0.717) is 5.69 Å². The number of para-hydroxylation sites is 1. The molecule has 1 aliphatic rings. The van der Waals surface area contributed by atoms with E-state index in [-0.39, 0.29) is 16.0 Å². The fourth-order valence-corrected chi connectivity index (χ4v) is 7.75. The molecule has 0 fully saturated rings. The molecule has 1 amide bonds. The van der Waals surface area contributed by atoms with E-state index in [1.54, 1.807) is 63.1 Å². The van der Waals surface area contributed by atoms with Crippen molar-refractivity contribution in [3.05, 3.63) is 94.0 Å². The molecule has 0 saturated heterocycles. The topological polar surface area (TPSA) is 87.6 Å². The van der Waals surface area contributed by atoms with Crippen LogP contribution < -0.4 is 14.7 Å². The van der Waals surface area contributed by atoms with E-state index in [1.807, 2.05) is 12.1 Å². The Morgan fingerprint density at radius 1 is 0.912 bits per heavy atom. The molecule has 5 rings (SSSR count). The van der Waals surface area contributed by atoms with E-state index in [4.69, 9.17) is 4.99 Å². The lowest BCUT2D eigenvalue weighted by Crippen LogP contribution is -2.31. The lowest BCUT2D eigenvalue weighted by atomic mass is 9.90. The quantitative estimate of drug-likeness (QED) is 0.358. The van der Waals surface area contributed by atoms with E-state index in [1.165, 1.54) is 17.0 Å². The van der Waals surface area contributed by atoms with Crippen LogP contribution in [0.3, 0.4) is 0 Å². The average Bonchev–Trinajstić information content (AvgIpc) is 3.25. The highest BCUT2D eigenvalue weighted by atomic mass is 32.9. The Labute approximate surface area is 205 Å². The number of nitrogens with one attached hydrogen (secondary N) is 2. The Morgan fingerprint density at radius 3 is 2.32 bits per heavy atom. The second kappa shape index (κ2) is 8.50. The van der Waals surface area contributed by atoms with Gasteiger partial charge in [-0.3, -0.25) is 4.79 Å². The minimum Gasteiger partial charge on any atom is -0.375 e. The Morgan fingerprint density at radius 2 is 1.59 bits per heavy atom. The summed E-state index contributed by atoms with van der Waals surface area (Å²) in [5.74, 6) is -0.670. The van der Waals surface area contributed by atoms with Crippen LogP contribution in [-0.2, 0) is 15.6 Å². The summed E-state index contributed by atoms with van der Waals surface area (Å²) in [5, 5.41) is 3.60. The molecular formula is C25H21N3O3S3. The van der Waals surface area contributed by atoms with Crippen molar-refractivity contribution in [2.45, 2.75) is 24.3 Å². The molecule has 2 heterocycles. The van der Waals surface area contributed by atoms with Crippen LogP contribution in [0.25, 0.3) is 11.1 Å². The normalized spacial score (nSPS) is 14.6. The van der Waals surface area contributed by atoms with Gasteiger partial charge in [0.25, 0.3) is 15.9 Å². The first-order valence-electron chi connectivity index (χ1n) is 10.5. The zero-order chi connectivity index (χ0) is 23.9. The third-order valence-corrected chi connectivity index (χ3v) is 9.49. The Balaban J connectivity index is 1.47. The highest BCUT2D eigenvalue weighted by Crippen LogP contribution is 2.45. The van der Waals surface area contributed by atoms with Crippen LogP contribution in [0.15, 0.2) is 88.8 Å². The minimum absolute atomic E-state index is 0.00225. The molecule has 0 bridgehead atoms. The first-order chi connectivity index (χ1) is 16.2. The van der Waals surface area contributed by atoms with E-state index in [0.717, 1.165) is 21.5 Å². The maximum absolute atomic E-state index is 12.7. The number of fused-ring (bicyclic) bond motifs is 3. The molecule has 0 radical (unpaired) electrons. The molecule has 0 atom stereocenters. The number of sulfonamides is 1. The van der Waals surface area contributed by atoms with Crippen molar-refractivity contribution in [2.75, 3.05) is 5.32 Å². The number of anilines is 1. The number of benzene rings is 3. The number of carbonyl (C=O) groups is 1. The van der Waals surface area contributed by atoms with E-state index >= 15 is 0 Å². The maximum Gasteiger partial charge on any atom is 0.264 e. The van der Waals surface area contributed by atoms with Gasteiger partial charge in [-0.1, -0.05) is 57.1 Å². The van der Waals surface area contributed by atoms with Crippen LogP contribution in [0.2, 0.25) is 0 Å². The number of hydrogen-bond acceptors (Lipinski definition) is 7. The lowest BCUT2D eigenvalue weighted by molar-refractivity contribution is 0.0981. The molecule has 0 unspecified atom stereocenters. The highest BCUT2D eigenvalue weighted by molar-refractivity contribution is 7.90. The van der Waals surface area contributed by atoms with Gasteiger partial charge in [0.15, 0.2) is 0 Å². The molecule has 0 saturated carbocycles. The molecule has 34 heavy (non-hydrogen) atoms. The highest BCUT2D eigenvalue weighted by Gasteiger charge is 2.33.